The number of fused-ring (bicyclic) bond motifs is 1. The van der Waals surface area contributed by atoms with E-state index >= 15 is 0 Å². The number of nitrogens with zero attached hydrogens (tertiary/aromatic N) is 3. The molecule has 3 rings (SSSR count). The Hall–Kier alpha value is -1.62. The van der Waals surface area contributed by atoms with Gasteiger partial charge in [0.25, 0.3) is 0 Å². The summed E-state index contributed by atoms with van der Waals surface area (Å²) in [7, 11) is 0. The third-order valence-electron chi connectivity index (χ3n) is 4.42. The van der Waals surface area contributed by atoms with Crippen LogP contribution in [-0.2, 0) is 18.5 Å². The zero-order valence-corrected chi connectivity index (χ0v) is 14.1. The van der Waals surface area contributed by atoms with E-state index in [2.05, 4.69) is 54.0 Å². The smallest absolute Gasteiger partial charge is 0.113 e. The Morgan fingerprint density at radius 1 is 1.41 bits per heavy atom. The standard InChI is InChI=1S/C17H27N5/c1-12-11-22-7-5-6-13(16(22)20-12)8-18-9-14-10-19-21-15(14)17(2,3)4/h10-11,13,18H,5-9H2,1-4H3,(H,19,21). The van der Waals surface area contributed by atoms with Crippen LogP contribution in [0, 0.1) is 6.92 Å². The second kappa shape index (κ2) is 5.88. The lowest BCUT2D eigenvalue weighted by molar-refractivity contribution is 0.422. The Bertz CT molecular complexity index is 632. The first-order valence-corrected chi connectivity index (χ1v) is 8.22. The molecule has 22 heavy (non-hydrogen) atoms. The predicted molar refractivity (Wildman–Crippen MR) is 87.9 cm³/mol. The molecular weight excluding hydrogens is 274 g/mol. The summed E-state index contributed by atoms with van der Waals surface area (Å²) in [5, 5.41) is 11.0. The summed E-state index contributed by atoms with van der Waals surface area (Å²) in [4.78, 5) is 4.71. The van der Waals surface area contributed by atoms with Crippen molar-refractivity contribution in [2.45, 2.75) is 65.0 Å². The molecule has 0 aromatic carbocycles. The zero-order valence-electron chi connectivity index (χ0n) is 14.1. The van der Waals surface area contributed by atoms with Crippen molar-refractivity contribution in [1.29, 1.82) is 0 Å². The monoisotopic (exact) mass is 301 g/mol. The van der Waals surface area contributed by atoms with Crippen LogP contribution >= 0.6 is 0 Å². The molecule has 1 aliphatic heterocycles. The fourth-order valence-electron chi connectivity index (χ4n) is 3.38. The summed E-state index contributed by atoms with van der Waals surface area (Å²) in [6.45, 7) is 11.7. The van der Waals surface area contributed by atoms with Crippen LogP contribution in [0.4, 0.5) is 0 Å². The third-order valence-corrected chi connectivity index (χ3v) is 4.42. The minimum Gasteiger partial charge on any atom is -0.334 e. The highest BCUT2D eigenvalue weighted by molar-refractivity contribution is 5.23. The quantitative estimate of drug-likeness (QED) is 0.913. The van der Waals surface area contributed by atoms with E-state index in [9.17, 15) is 0 Å². The normalized spacial score (nSPS) is 18.5. The molecule has 2 N–H and O–H groups in total. The third kappa shape index (κ3) is 3.09. The molecule has 0 radical (unpaired) electrons. The lowest BCUT2D eigenvalue weighted by Gasteiger charge is -2.24. The van der Waals surface area contributed by atoms with Crippen LogP contribution in [0.2, 0.25) is 0 Å². The molecule has 2 aromatic rings. The van der Waals surface area contributed by atoms with Crippen molar-refractivity contribution < 1.29 is 0 Å². The Kier molecular flexibility index (Phi) is 4.08. The van der Waals surface area contributed by atoms with Gasteiger partial charge in [-0.2, -0.15) is 5.10 Å². The van der Waals surface area contributed by atoms with Crippen LogP contribution in [0.15, 0.2) is 12.4 Å². The van der Waals surface area contributed by atoms with Gasteiger partial charge in [0.05, 0.1) is 11.9 Å². The van der Waals surface area contributed by atoms with E-state index in [4.69, 9.17) is 4.98 Å². The summed E-state index contributed by atoms with van der Waals surface area (Å²) in [5.74, 6) is 1.77. The second-order valence-corrected chi connectivity index (χ2v) is 7.42. The number of aromatic nitrogens is 4. The fourth-order valence-corrected chi connectivity index (χ4v) is 3.38. The minimum atomic E-state index is 0.103. The largest absolute Gasteiger partial charge is 0.334 e. The highest BCUT2D eigenvalue weighted by atomic mass is 15.1. The Morgan fingerprint density at radius 3 is 3.00 bits per heavy atom. The maximum absolute atomic E-state index is 4.71. The Labute approximate surface area is 132 Å². The molecular formula is C17H27N5. The van der Waals surface area contributed by atoms with E-state index in [0.29, 0.717) is 5.92 Å². The van der Waals surface area contributed by atoms with E-state index in [0.717, 1.165) is 25.3 Å². The first kappa shape index (κ1) is 15.3. The van der Waals surface area contributed by atoms with Crippen LogP contribution in [-0.4, -0.2) is 26.3 Å². The molecule has 0 fully saturated rings. The van der Waals surface area contributed by atoms with Gasteiger partial charge in [0.1, 0.15) is 5.82 Å². The number of H-pyrrole nitrogens is 1. The number of nitrogens with one attached hydrogen (secondary N) is 2. The summed E-state index contributed by atoms with van der Waals surface area (Å²) >= 11 is 0. The van der Waals surface area contributed by atoms with Gasteiger partial charge in [0.2, 0.25) is 0 Å². The molecule has 0 spiro atoms. The fraction of sp³-hybridized carbons (Fsp3) is 0.647. The second-order valence-electron chi connectivity index (χ2n) is 7.42. The average Bonchev–Trinajstić information content (AvgIpc) is 3.03. The number of hydrogen-bond donors (Lipinski definition) is 2. The van der Waals surface area contributed by atoms with Crippen molar-refractivity contribution in [3.8, 4) is 0 Å². The molecule has 0 aliphatic carbocycles. The van der Waals surface area contributed by atoms with Crippen molar-refractivity contribution in [2.75, 3.05) is 6.54 Å². The Morgan fingerprint density at radius 2 is 2.23 bits per heavy atom. The van der Waals surface area contributed by atoms with Gasteiger partial charge >= 0.3 is 0 Å². The van der Waals surface area contributed by atoms with Crippen molar-refractivity contribution in [2.24, 2.45) is 0 Å². The van der Waals surface area contributed by atoms with E-state index in [1.54, 1.807) is 0 Å². The molecule has 120 valence electrons. The van der Waals surface area contributed by atoms with Gasteiger partial charge in [0.15, 0.2) is 0 Å². The molecule has 0 saturated heterocycles. The zero-order chi connectivity index (χ0) is 15.7. The number of aryl methyl sites for hydroxylation is 2. The predicted octanol–water partition coefficient (Wildman–Crippen LogP) is 2.88. The average molecular weight is 301 g/mol. The van der Waals surface area contributed by atoms with Gasteiger partial charge in [-0.15, -0.1) is 0 Å². The van der Waals surface area contributed by atoms with E-state index in [1.165, 1.54) is 29.9 Å². The Balaban J connectivity index is 1.62. The van der Waals surface area contributed by atoms with E-state index in [1.807, 2.05) is 6.20 Å². The number of hydrogen-bond acceptors (Lipinski definition) is 3. The first-order chi connectivity index (χ1) is 10.4. The van der Waals surface area contributed by atoms with Crippen molar-refractivity contribution in [3.63, 3.8) is 0 Å². The van der Waals surface area contributed by atoms with Crippen LogP contribution in [0.5, 0.6) is 0 Å². The molecule has 1 atom stereocenters. The van der Waals surface area contributed by atoms with E-state index < -0.39 is 0 Å². The summed E-state index contributed by atoms with van der Waals surface area (Å²) in [6.07, 6.45) is 6.59. The number of rotatable bonds is 4. The van der Waals surface area contributed by atoms with Crippen LogP contribution in [0.1, 0.15) is 62.3 Å². The lowest BCUT2D eigenvalue weighted by Crippen LogP contribution is -2.27. The van der Waals surface area contributed by atoms with Crippen LogP contribution < -0.4 is 5.32 Å². The summed E-state index contributed by atoms with van der Waals surface area (Å²) < 4.78 is 2.32. The summed E-state index contributed by atoms with van der Waals surface area (Å²) in [6, 6.07) is 0. The van der Waals surface area contributed by atoms with Crippen LogP contribution in [0.3, 0.4) is 0 Å². The minimum absolute atomic E-state index is 0.103. The van der Waals surface area contributed by atoms with Crippen molar-refractivity contribution in [1.82, 2.24) is 25.1 Å². The van der Waals surface area contributed by atoms with Crippen molar-refractivity contribution >= 4 is 0 Å². The summed E-state index contributed by atoms with van der Waals surface area (Å²) in [5.41, 5.74) is 3.72. The maximum atomic E-state index is 4.71. The highest BCUT2D eigenvalue weighted by Gasteiger charge is 2.23. The molecule has 0 bridgehead atoms. The highest BCUT2D eigenvalue weighted by Crippen LogP contribution is 2.27. The first-order valence-electron chi connectivity index (χ1n) is 8.22. The van der Waals surface area contributed by atoms with Gasteiger partial charge in [-0.1, -0.05) is 20.8 Å². The molecule has 5 nitrogen and oxygen atoms in total. The van der Waals surface area contributed by atoms with Gasteiger partial charge in [-0.05, 0) is 19.8 Å². The molecule has 1 unspecified atom stereocenters. The van der Waals surface area contributed by atoms with Crippen molar-refractivity contribution in [3.05, 3.63) is 35.2 Å². The van der Waals surface area contributed by atoms with Gasteiger partial charge in [0, 0.05) is 48.4 Å². The van der Waals surface area contributed by atoms with Gasteiger partial charge in [-0.25, -0.2) is 4.98 Å². The molecule has 2 aromatic heterocycles. The van der Waals surface area contributed by atoms with E-state index in [-0.39, 0.29) is 5.41 Å². The number of imidazole rings is 1. The topological polar surface area (TPSA) is 58.5 Å². The molecule has 0 amide bonds. The number of aromatic amines is 1. The molecule has 0 saturated carbocycles. The molecule has 3 heterocycles. The van der Waals surface area contributed by atoms with Gasteiger partial charge in [-0.3, -0.25) is 5.10 Å². The van der Waals surface area contributed by atoms with Gasteiger partial charge < -0.3 is 9.88 Å². The maximum Gasteiger partial charge on any atom is 0.113 e. The molecule has 1 aliphatic rings. The SMILES string of the molecule is Cc1cn2c(n1)C(CNCc1cn[nH]c1C(C)(C)C)CCC2. The molecule has 5 heteroatoms. The lowest BCUT2D eigenvalue weighted by atomic mass is 9.89. The van der Waals surface area contributed by atoms with Crippen LogP contribution in [0.25, 0.3) is 0 Å².